The Labute approximate surface area is 62.6 Å². The molecule has 0 aromatic rings. The van der Waals surface area contributed by atoms with Crippen molar-refractivity contribution in [3.8, 4) is 12.1 Å². The molecule has 0 aliphatic heterocycles. The first-order valence-electron chi connectivity index (χ1n) is 2.43. The van der Waals surface area contributed by atoms with Crippen LogP contribution in [0.1, 0.15) is 0 Å². The van der Waals surface area contributed by atoms with Crippen molar-refractivity contribution in [2.24, 2.45) is 0 Å². The minimum absolute atomic E-state index is 0.258. The van der Waals surface area contributed by atoms with Crippen molar-refractivity contribution >= 4 is 0 Å². The highest BCUT2D eigenvalue weighted by Gasteiger charge is 1.74. The summed E-state index contributed by atoms with van der Waals surface area (Å²) in [5.74, 6) is 0. The highest BCUT2D eigenvalue weighted by Crippen LogP contribution is 1.50. The summed E-state index contributed by atoms with van der Waals surface area (Å²) in [4.78, 5) is 8.36. The summed E-state index contributed by atoms with van der Waals surface area (Å²) in [7, 11) is 0. The zero-order chi connectivity index (χ0) is 9.11. The Kier molecular flexibility index (Phi) is 11.9. The van der Waals surface area contributed by atoms with E-state index in [0.29, 0.717) is 0 Å². The number of nitriles is 2. The molecule has 2 N–H and O–H groups in total. The molecule has 0 aromatic carbocycles. The lowest BCUT2D eigenvalue weighted by atomic mass is 10.6. The zero-order valence-corrected chi connectivity index (χ0v) is 5.52. The molecular weight excluding hydrogens is 152 g/mol. The Morgan fingerprint density at radius 1 is 1.45 bits per heavy atom. The summed E-state index contributed by atoms with van der Waals surface area (Å²) in [6.07, 6.45) is 0. The molecule has 0 unspecified atom stereocenters. The first-order chi connectivity index (χ1) is 5.15. The van der Waals surface area contributed by atoms with Crippen molar-refractivity contribution in [2.45, 2.75) is 0 Å². The van der Waals surface area contributed by atoms with Crippen LogP contribution < -0.4 is 5.32 Å². The summed E-state index contributed by atoms with van der Waals surface area (Å²) < 4.78 is 0. The van der Waals surface area contributed by atoms with Crippen molar-refractivity contribution in [3.05, 3.63) is 10.1 Å². The molecule has 7 heteroatoms. The van der Waals surface area contributed by atoms with Crippen LogP contribution in [0.3, 0.4) is 0 Å². The summed E-state index contributed by atoms with van der Waals surface area (Å²) in [5.41, 5.74) is 0. The molecular formula is C4H6N4O3. The lowest BCUT2D eigenvalue weighted by molar-refractivity contribution is -0.742. The van der Waals surface area contributed by atoms with E-state index < -0.39 is 5.09 Å². The van der Waals surface area contributed by atoms with Crippen molar-refractivity contribution in [1.29, 1.82) is 10.5 Å². The lowest BCUT2D eigenvalue weighted by Gasteiger charge is -1.82. The molecule has 60 valence electrons. The third kappa shape index (κ3) is 67.0. The average molecular weight is 158 g/mol. The second-order valence-corrected chi connectivity index (χ2v) is 1.16. The van der Waals surface area contributed by atoms with E-state index in [4.69, 9.17) is 25.8 Å². The molecule has 7 nitrogen and oxygen atoms in total. The van der Waals surface area contributed by atoms with E-state index in [2.05, 4.69) is 5.32 Å². The van der Waals surface area contributed by atoms with Crippen LogP contribution in [0, 0.1) is 32.8 Å². The first-order valence-corrected chi connectivity index (χ1v) is 2.43. The fourth-order valence-electron chi connectivity index (χ4n) is 0.174. The molecule has 0 rings (SSSR count). The Bertz CT molecular complexity index is 161. The zero-order valence-electron chi connectivity index (χ0n) is 5.52. The maximum absolute atomic E-state index is 8.36. The molecule has 0 atom stereocenters. The number of hydrogen-bond donors (Lipinski definition) is 2. The van der Waals surface area contributed by atoms with Gasteiger partial charge >= 0.3 is 0 Å². The quantitative estimate of drug-likeness (QED) is 0.236. The van der Waals surface area contributed by atoms with Crippen LogP contribution in [0.4, 0.5) is 0 Å². The topological polar surface area (TPSA) is 123 Å². The SMILES string of the molecule is N#CCNCC#N.O=[N+]([O-])O. The largest absolute Gasteiger partial charge is 0.328 e. The summed E-state index contributed by atoms with van der Waals surface area (Å²) >= 11 is 0. The minimum atomic E-state index is -1.50. The van der Waals surface area contributed by atoms with Gasteiger partial charge < -0.3 is 5.21 Å². The van der Waals surface area contributed by atoms with Crippen LogP contribution in [0.25, 0.3) is 0 Å². The monoisotopic (exact) mass is 158 g/mol. The van der Waals surface area contributed by atoms with Crippen LogP contribution in [0.5, 0.6) is 0 Å². The van der Waals surface area contributed by atoms with E-state index in [9.17, 15) is 0 Å². The molecule has 11 heavy (non-hydrogen) atoms. The van der Waals surface area contributed by atoms with E-state index in [1.807, 2.05) is 12.1 Å². The predicted molar refractivity (Wildman–Crippen MR) is 32.9 cm³/mol. The van der Waals surface area contributed by atoms with Gasteiger partial charge in [-0.05, 0) is 0 Å². The Morgan fingerprint density at radius 3 is 1.91 bits per heavy atom. The third-order valence-corrected chi connectivity index (χ3v) is 0.408. The first kappa shape index (κ1) is 11.9. The van der Waals surface area contributed by atoms with Gasteiger partial charge in [-0.3, -0.25) is 5.32 Å². The highest BCUT2D eigenvalue weighted by atomic mass is 16.9. The van der Waals surface area contributed by atoms with Crippen LogP contribution >= 0.6 is 0 Å². The van der Waals surface area contributed by atoms with Crippen LogP contribution in [0.15, 0.2) is 0 Å². The predicted octanol–water partition coefficient (Wildman–Crippen LogP) is -0.725. The van der Waals surface area contributed by atoms with Gasteiger partial charge in [0.25, 0.3) is 5.09 Å². The lowest BCUT2D eigenvalue weighted by Crippen LogP contribution is -2.12. The van der Waals surface area contributed by atoms with Crippen molar-refractivity contribution < 1.29 is 10.3 Å². The Balaban J connectivity index is 0. The van der Waals surface area contributed by atoms with Gasteiger partial charge in [-0.1, -0.05) is 0 Å². The van der Waals surface area contributed by atoms with Crippen molar-refractivity contribution in [2.75, 3.05) is 13.1 Å². The van der Waals surface area contributed by atoms with Gasteiger partial charge in [-0.15, -0.1) is 10.1 Å². The Hall–Kier alpha value is -1.86. The maximum Gasteiger partial charge on any atom is 0.291 e. The number of hydrogen-bond acceptors (Lipinski definition) is 5. The number of nitrogens with one attached hydrogen (secondary N) is 1. The van der Waals surface area contributed by atoms with Crippen LogP contribution in [-0.4, -0.2) is 23.4 Å². The minimum Gasteiger partial charge on any atom is -0.328 e. The molecule has 0 aliphatic carbocycles. The van der Waals surface area contributed by atoms with Gasteiger partial charge in [-0.25, -0.2) is 0 Å². The van der Waals surface area contributed by atoms with E-state index in [1.165, 1.54) is 0 Å². The average Bonchev–Trinajstić information content (AvgIpc) is 1.88. The van der Waals surface area contributed by atoms with Gasteiger partial charge in [-0.2, -0.15) is 10.5 Å². The fraction of sp³-hybridized carbons (Fsp3) is 0.500. The van der Waals surface area contributed by atoms with E-state index in [1.54, 1.807) is 0 Å². The van der Waals surface area contributed by atoms with Gasteiger partial charge in [0.15, 0.2) is 0 Å². The van der Waals surface area contributed by atoms with E-state index in [0.717, 1.165) is 0 Å². The molecule has 0 saturated heterocycles. The fourth-order valence-corrected chi connectivity index (χ4v) is 0.174. The maximum atomic E-state index is 8.36. The Morgan fingerprint density at radius 2 is 1.73 bits per heavy atom. The van der Waals surface area contributed by atoms with Crippen LogP contribution in [0.2, 0.25) is 0 Å². The molecule has 0 radical (unpaired) electrons. The van der Waals surface area contributed by atoms with Gasteiger partial charge in [0.05, 0.1) is 25.2 Å². The molecule has 0 fully saturated rings. The third-order valence-electron chi connectivity index (χ3n) is 0.408. The molecule has 0 saturated carbocycles. The second kappa shape index (κ2) is 11.0. The molecule has 0 heterocycles. The van der Waals surface area contributed by atoms with Crippen LogP contribution in [-0.2, 0) is 0 Å². The normalized spacial score (nSPS) is 6.36. The number of rotatable bonds is 2. The number of nitrogens with zero attached hydrogens (tertiary/aromatic N) is 3. The smallest absolute Gasteiger partial charge is 0.291 e. The van der Waals surface area contributed by atoms with Gasteiger partial charge in [0.2, 0.25) is 0 Å². The standard InChI is InChI=1S/C4H5N3.HNO3/c5-1-3-7-4-2-6;2-1(3)4/h7H,3-4H2;(H,2,3,4). The molecule has 0 aliphatic rings. The van der Waals surface area contributed by atoms with Crippen molar-refractivity contribution in [3.63, 3.8) is 0 Å². The van der Waals surface area contributed by atoms with E-state index >= 15 is 0 Å². The molecule has 0 aromatic heterocycles. The molecule has 0 amide bonds. The summed E-state index contributed by atoms with van der Waals surface area (Å²) in [6.45, 7) is 0.515. The highest BCUT2D eigenvalue weighted by molar-refractivity contribution is 4.79. The molecule has 0 bridgehead atoms. The molecule has 0 spiro atoms. The van der Waals surface area contributed by atoms with Crippen molar-refractivity contribution in [1.82, 2.24) is 5.32 Å². The van der Waals surface area contributed by atoms with Gasteiger partial charge in [0.1, 0.15) is 0 Å². The van der Waals surface area contributed by atoms with E-state index in [-0.39, 0.29) is 13.1 Å². The summed E-state index contributed by atoms with van der Waals surface area (Å²) in [6, 6.07) is 3.68. The summed E-state index contributed by atoms with van der Waals surface area (Å²) in [5, 5.41) is 31.9. The van der Waals surface area contributed by atoms with Gasteiger partial charge in [0, 0.05) is 0 Å². The second-order valence-electron chi connectivity index (χ2n) is 1.16.